The lowest BCUT2D eigenvalue weighted by Gasteiger charge is -2.11. The van der Waals surface area contributed by atoms with Crippen molar-refractivity contribution in [3.63, 3.8) is 0 Å². The van der Waals surface area contributed by atoms with Crippen molar-refractivity contribution >= 4 is 17.7 Å². The highest BCUT2D eigenvalue weighted by atomic mass is 32.2. The normalized spacial score (nSPS) is 10.4. The van der Waals surface area contributed by atoms with Crippen LogP contribution in [0.2, 0.25) is 0 Å². The summed E-state index contributed by atoms with van der Waals surface area (Å²) in [4.78, 5) is 22.2. The third-order valence-electron chi connectivity index (χ3n) is 3.70. The maximum Gasteiger partial charge on any atom is 0.252 e. The van der Waals surface area contributed by atoms with Gasteiger partial charge in [-0.05, 0) is 41.6 Å². The Balaban J connectivity index is 1.78. The minimum Gasteiger partial charge on any atom is -0.348 e. The minimum atomic E-state index is -0.0717. The number of carbonyl (C=O) groups excluding carboxylic acids is 1. The fourth-order valence-electron chi connectivity index (χ4n) is 2.55. The van der Waals surface area contributed by atoms with Crippen molar-refractivity contribution < 1.29 is 4.79 Å². The summed E-state index contributed by atoms with van der Waals surface area (Å²) in [7, 11) is 0. The Labute approximate surface area is 151 Å². The van der Waals surface area contributed by atoms with Crippen molar-refractivity contribution in [1.82, 2.24) is 15.3 Å². The molecule has 0 fully saturated rings. The van der Waals surface area contributed by atoms with Gasteiger partial charge in [0.05, 0.1) is 11.3 Å². The lowest BCUT2D eigenvalue weighted by atomic mass is 10.1. The second kappa shape index (κ2) is 8.44. The number of hydrogen-bond acceptors (Lipinski definition) is 4. The van der Waals surface area contributed by atoms with Gasteiger partial charge in [0, 0.05) is 35.6 Å². The molecule has 0 bridgehead atoms. The van der Waals surface area contributed by atoms with Crippen LogP contribution in [0.4, 0.5) is 0 Å². The number of nitrogens with zero attached hydrogens (tertiary/aromatic N) is 2. The molecule has 0 saturated carbocycles. The summed E-state index contributed by atoms with van der Waals surface area (Å²) in [5.74, 6) is 0.857. The van der Waals surface area contributed by atoms with Gasteiger partial charge >= 0.3 is 0 Å². The molecular formula is C20H19N3OS. The number of pyridine rings is 2. The molecule has 25 heavy (non-hydrogen) atoms. The first-order chi connectivity index (χ1) is 12.3. The lowest BCUT2D eigenvalue weighted by molar-refractivity contribution is 0.0948. The standard InChI is InChI=1S/C20H19N3OS/c1-2-25-18-10-4-3-9-17(18)20(24)23-14-16-8-6-12-22-19(16)15-7-5-11-21-13-15/h3-13H,2,14H2,1H3,(H,23,24). The number of amides is 1. The van der Waals surface area contributed by atoms with Crippen molar-refractivity contribution in [3.05, 3.63) is 78.2 Å². The van der Waals surface area contributed by atoms with E-state index in [0.717, 1.165) is 27.5 Å². The molecule has 3 rings (SSSR count). The van der Waals surface area contributed by atoms with E-state index >= 15 is 0 Å². The maximum atomic E-state index is 12.6. The summed E-state index contributed by atoms with van der Waals surface area (Å²) in [5, 5.41) is 3.01. The molecule has 5 heteroatoms. The van der Waals surface area contributed by atoms with Crippen molar-refractivity contribution in [3.8, 4) is 11.3 Å². The maximum absolute atomic E-state index is 12.6. The largest absolute Gasteiger partial charge is 0.348 e. The van der Waals surface area contributed by atoms with Gasteiger partial charge in [-0.25, -0.2) is 0 Å². The summed E-state index contributed by atoms with van der Waals surface area (Å²) in [6, 6.07) is 15.4. The second-order valence-electron chi connectivity index (χ2n) is 5.36. The van der Waals surface area contributed by atoms with Crippen LogP contribution >= 0.6 is 11.8 Å². The molecule has 0 radical (unpaired) electrons. The summed E-state index contributed by atoms with van der Waals surface area (Å²) in [6.07, 6.45) is 5.26. The Bertz CT molecular complexity index is 852. The Hall–Kier alpha value is -2.66. The second-order valence-corrected chi connectivity index (χ2v) is 6.67. The van der Waals surface area contributed by atoms with Gasteiger partial charge in [-0.2, -0.15) is 0 Å². The van der Waals surface area contributed by atoms with Gasteiger partial charge in [0.25, 0.3) is 5.91 Å². The smallest absolute Gasteiger partial charge is 0.252 e. The highest BCUT2D eigenvalue weighted by molar-refractivity contribution is 7.99. The minimum absolute atomic E-state index is 0.0717. The zero-order valence-corrected chi connectivity index (χ0v) is 14.8. The fraction of sp³-hybridized carbons (Fsp3) is 0.150. The molecule has 126 valence electrons. The molecule has 2 aromatic heterocycles. The van der Waals surface area contributed by atoms with E-state index in [1.165, 1.54) is 0 Å². The molecule has 1 aromatic carbocycles. The van der Waals surface area contributed by atoms with Gasteiger partial charge < -0.3 is 5.32 Å². The van der Waals surface area contributed by atoms with Gasteiger partial charge in [-0.1, -0.05) is 25.1 Å². The monoisotopic (exact) mass is 349 g/mol. The predicted molar refractivity (Wildman–Crippen MR) is 101 cm³/mol. The number of benzene rings is 1. The van der Waals surface area contributed by atoms with Crippen molar-refractivity contribution in [2.24, 2.45) is 0 Å². The Morgan fingerprint density at radius 3 is 2.72 bits per heavy atom. The number of aromatic nitrogens is 2. The zero-order chi connectivity index (χ0) is 17.5. The highest BCUT2D eigenvalue weighted by Gasteiger charge is 2.12. The van der Waals surface area contributed by atoms with Crippen molar-refractivity contribution in [2.45, 2.75) is 18.4 Å². The molecule has 1 N–H and O–H groups in total. The predicted octanol–water partition coefficient (Wildman–Crippen LogP) is 4.19. The van der Waals surface area contributed by atoms with Gasteiger partial charge in [0.15, 0.2) is 0 Å². The number of carbonyl (C=O) groups is 1. The van der Waals surface area contributed by atoms with Crippen LogP contribution in [0, 0.1) is 0 Å². The van der Waals surface area contributed by atoms with E-state index in [0.29, 0.717) is 12.1 Å². The molecule has 0 aliphatic heterocycles. The van der Waals surface area contributed by atoms with Gasteiger partial charge in [0.1, 0.15) is 0 Å². The quantitative estimate of drug-likeness (QED) is 0.678. The summed E-state index contributed by atoms with van der Waals surface area (Å²) in [6.45, 7) is 2.50. The number of rotatable bonds is 6. The molecular weight excluding hydrogens is 330 g/mol. The molecule has 4 nitrogen and oxygen atoms in total. The number of hydrogen-bond donors (Lipinski definition) is 1. The molecule has 0 aliphatic rings. The number of nitrogens with one attached hydrogen (secondary N) is 1. The molecule has 3 aromatic rings. The van der Waals surface area contributed by atoms with E-state index < -0.39 is 0 Å². The van der Waals surface area contributed by atoms with E-state index in [-0.39, 0.29) is 5.91 Å². The van der Waals surface area contributed by atoms with Crippen molar-refractivity contribution in [1.29, 1.82) is 0 Å². The van der Waals surface area contributed by atoms with Crippen LogP contribution in [-0.2, 0) is 6.54 Å². The Morgan fingerprint density at radius 1 is 1.08 bits per heavy atom. The molecule has 2 heterocycles. The number of thioether (sulfide) groups is 1. The average molecular weight is 349 g/mol. The highest BCUT2D eigenvalue weighted by Crippen LogP contribution is 2.23. The SMILES string of the molecule is CCSc1ccccc1C(=O)NCc1cccnc1-c1cccnc1. The van der Waals surface area contributed by atoms with Gasteiger partial charge in [0.2, 0.25) is 0 Å². The molecule has 0 atom stereocenters. The van der Waals surface area contributed by atoms with Crippen LogP contribution in [0.5, 0.6) is 0 Å². The van der Waals surface area contributed by atoms with E-state index in [1.54, 1.807) is 30.4 Å². The zero-order valence-electron chi connectivity index (χ0n) is 14.0. The average Bonchev–Trinajstić information content (AvgIpc) is 2.68. The van der Waals surface area contributed by atoms with E-state index in [9.17, 15) is 4.79 Å². The molecule has 0 spiro atoms. The molecule has 0 aliphatic carbocycles. The Kier molecular flexibility index (Phi) is 5.80. The first kappa shape index (κ1) is 17.2. The molecule has 0 unspecified atom stereocenters. The van der Waals surface area contributed by atoms with Crippen LogP contribution in [0.1, 0.15) is 22.8 Å². The van der Waals surface area contributed by atoms with E-state index in [4.69, 9.17) is 0 Å². The van der Waals surface area contributed by atoms with E-state index in [2.05, 4.69) is 22.2 Å². The Morgan fingerprint density at radius 2 is 1.92 bits per heavy atom. The van der Waals surface area contributed by atoms with Crippen LogP contribution in [0.3, 0.4) is 0 Å². The molecule has 0 saturated heterocycles. The topological polar surface area (TPSA) is 54.9 Å². The first-order valence-corrected chi connectivity index (χ1v) is 9.12. The summed E-state index contributed by atoms with van der Waals surface area (Å²) < 4.78 is 0. The van der Waals surface area contributed by atoms with Gasteiger partial charge in [-0.3, -0.25) is 14.8 Å². The van der Waals surface area contributed by atoms with Crippen LogP contribution in [0.25, 0.3) is 11.3 Å². The van der Waals surface area contributed by atoms with E-state index in [1.807, 2.05) is 48.5 Å². The lowest BCUT2D eigenvalue weighted by Crippen LogP contribution is -2.23. The fourth-order valence-corrected chi connectivity index (χ4v) is 3.35. The summed E-state index contributed by atoms with van der Waals surface area (Å²) in [5.41, 5.74) is 3.45. The third-order valence-corrected chi connectivity index (χ3v) is 4.65. The summed E-state index contributed by atoms with van der Waals surface area (Å²) >= 11 is 1.67. The van der Waals surface area contributed by atoms with Crippen LogP contribution in [-0.4, -0.2) is 21.6 Å². The van der Waals surface area contributed by atoms with Gasteiger partial charge in [-0.15, -0.1) is 11.8 Å². The molecule has 1 amide bonds. The van der Waals surface area contributed by atoms with Crippen LogP contribution < -0.4 is 5.32 Å². The first-order valence-electron chi connectivity index (χ1n) is 8.14. The van der Waals surface area contributed by atoms with Crippen molar-refractivity contribution in [2.75, 3.05) is 5.75 Å². The van der Waals surface area contributed by atoms with Crippen LogP contribution in [0.15, 0.2) is 72.0 Å². The third kappa shape index (κ3) is 4.25.